The predicted octanol–water partition coefficient (Wildman–Crippen LogP) is 4.80. The molecule has 2 aromatic carbocycles. The van der Waals surface area contributed by atoms with E-state index in [1.165, 1.54) is 11.3 Å². The summed E-state index contributed by atoms with van der Waals surface area (Å²) in [7, 11) is -4.12. The highest BCUT2D eigenvalue weighted by Crippen LogP contribution is 2.31. The van der Waals surface area contributed by atoms with Gasteiger partial charge in [0.2, 0.25) is 0 Å². The van der Waals surface area contributed by atoms with Crippen molar-refractivity contribution >= 4 is 27.0 Å². The molecule has 1 aromatic heterocycles. The fourth-order valence-corrected chi connectivity index (χ4v) is 4.19. The minimum Gasteiger partial charge on any atom is -0.279 e. The van der Waals surface area contributed by atoms with Crippen LogP contribution in [0, 0.1) is 18.6 Å². The van der Waals surface area contributed by atoms with Gasteiger partial charge in [0.25, 0.3) is 10.0 Å². The Hall–Kier alpha value is -2.25. The molecule has 0 aliphatic carbocycles. The summed E-state index contributed by atoms with van der Waals surface area (Å²) in [6.07, 6.45) is 0. The molecule has 0 amide bonds. The van der Waals surface area contributed by atoms with Crippen molar-refractivity contribution in [3.63, 3.8) is 0 Å². The maximum absolute atomic E-state index is 13.7. The molecular weight excluding hydrogens is 352 g/mol. The molecule has 24 heavy (non-hydrogen) atoms. The summed E-state index contributed by atoms with van der Waals surface area (Å²) in [4.78, 5) is 0.291. The molecule has 0 saturated heterocycles. The van der Waals surface area contributed by atoms with Crippen LogP contribution in [0.2, 0.25) is 0 Å². The SMILES string of the molecule is Cc1ccc(-c2cc(NS(=O)(=O)c3ccc(F)cc3F)cs2)cc1. The minimum absolute atomic E-state index is 0.333. The third-order valence-corrected chi connectivity index (χ3v) is 5.77. The lowest BCUT2D eigenvalue weighted by molar-refractivity contribution is 0.551. The molecule has 3 aromatic rings. The molecule has 3 rings (SSSR count). The van der Waals surface area contributed by atoms with Crippen molar-refractivity contribution in [2.75, 3.05) is 4.72 Å². The van der Waals surface area contributed by atoms with E-state index in [0.29, 0.717) is 11.8 Å². The van der Waals surface area contributed by atoms with Gasteiger partial charge in [-0.05, 0) is 30.7 Å². The normalized spacial score (nSPS) is 11.5. The zero-order valence-corrected chi connectivity index (χ0v) is 14.2. The number of thiophene rings is 1. The number of hydrogen-bond donors (Lipinski definition) is 1. The third-order valence-electron chi connectivity index (χ3n) is 3.37. The van der Waals surface area contributed by atoms with E-state index in [9.17, 15) is 17.2 Å². The number of rotatable bonds is 4. The average Bonchev–Trinajstić information content (AvgIpc) is 2.95. The van der Waals surface area contributed by atoms with Gasteiger partial charge < -0.3 is 0 Å². The van der Waals surface area contributed by atoms with Crippen LogP contribution in [0.4, 0.5) is 14.5 Å². The van der Waals surface area contributed by atoms with Crippen molar-refractivity contribution < 1.29 is 17.2 Å². The number of anilines is 1. The first kappa shape index (κ1) is 16.6. The molecule has 0 fully saturated rings. The lowest BCUT2D eigenvalue weighted by Gasteiger charge is -2.07. The summed E-state index contributed by atoms with van der Waals surface area (Å²) in [5.41, 5.74) is 2.42. The maximum atomic E-state index is 13.7. The molecule has 0 bridgehead atoms. The number of sulfonamides is 1. The number of halogens is 2. The van der Waals surface area contributed by atoms with Crippen LogP contribution < -0.4 is 4.72 Å². The molecule has 3 nitrogen and oxygen atoms in total. The molecule has 0 aliphatic rings. The zero-order chi connectivity index (χ0) is 17.3. The number of nitrogens with one attached hydrogen (secondary N) is 1. The Morgan fingerprint density at radius 3 is 2.38 bits per heavy atom. The monoisotopic (exact) mass is 365 g/mol. The van der Waals surface area contributed by atoms with Gasteiger partial charge in [0, 0.05) is 16.3 Å². The molecule has 1 N–H and O–H groups in total. The molecule has 0 unspecified atom stereocenters. The van der Waals surface area contributed by atoms with Crippen molar-refractivity contribution in [3.05, 3.63) is 71.1 Å². The first-order chi connectivity index (χ1) is 11.3. The van der Waals surface area contributed by atoms with Gasteiger partial charge in [-0.2, -0.15) is 0 Å². The van der Waals surface area contributed by atoms with E-state index >= 15 is 0 Å². The van der Waals surface area contributed by atoms with Crippen LogP contribution in [0.3, 0.4) is 0 Å². The third kappa shape index (κ3) is 3.47. The van der Waals surface area contributed by atoms with Crippen LogP contribution >= 0.6 is 11.3 Å². The average molecular weight is 365 g/mol. The fraction of sp³-hybridized carbons (Fsp3) is 0.0588. The lowest BCUT2D eigenvalue weighted by Crippen LogP contribution is -2.14. The summed E-state index contributed by atoms with van der Waals surface area (Å²) in [5.74, 6) is -1.96. The Bertz CT molecular complexity index is 980. The van der Waals surface area contributed by atoms with E-state index in [1.807, 2.05) is 31.2 Å². The summed E-state index contributed by atoms with van der Waals surface area (Å²) in [5, 5.41) is 1.63. The van der Waals surface area contributed by atoms with E-state index in [4.69, 9.17) is 0 Å². The maximum Gasteiger partial charge on any atom is 0.264 e. The summed E-state index contributed by atoms with van der Waals surface area (Å²) in [6.45, 7) is 1.98. The summed E-state index contributed by atoms with van der Waals surface area (Å²) in [6, 6.07) is 11.8. The van der Waals surface area contributed by atoms with Crippen LogP contribution in [0.25, 0.3) is 10.4 Å². The standard InChI is InChI=1S/C17H13F2NO2S2/c1-11-2-4-12(5-3-11)16-9-14(10-23-16)20-24(21,22)17-7-6-13(18)8-15(17)19/h2-10,20H,1H3. The smallest absolute Gasteiger partial charge is 0.264 e. The van der Waals surface area contributed by atoms with Gasteiger partial charge in [-0.1, -0.05) is 29.8 Å². The Morgan fingerprint density at radius 2 is 1.71 bits per heavy atom. The quantitative estimate of drug-likeness (QED) is 0.722. The fourth-order valence-electron chi connectivity index (χ4n) is 2.16. The molecule has 0 saturated carbocycles. The molecular formula is C17H13F2NO2S2. The Labute approximate surface area is 142 Å². The highest BCUT2D eigenvalue weighted by molar-refractivity contribution is 7.92. The van der Waals surface area contributed by atoms with Gasteiger partial charge in [0.1, 0.15) is 16.5 Å². The molecule has 0 spiro atoms. The molecule has 1 heterocycles. The second kappa shape index (κ2) is 6.33. The number of hydrogen-bond acceptors (Lipinski definition) is 3. The lowest BCUT2D eigenvalue weighted by atomic mass is 10.1. The largest absolute Gasteiger partial charge is 0.279 e. The molecule has 124 valence electrons. The highest BCUT2D eigenvalue weighted by Gasteiger charge is 2.20. The summed E-state index contributed by atoms with van der Waals surface area (Å²) >= 11 is 1.37. The van der Waals surface area contributed by atoms with Gasteiger partial charge in [0.05, 0.1) is 5.69 Å². The summed E-state index contributed by atoms with van der Waals surface area (Å²) < 4.78 is 53.5. The van der Waals surface area contributed by atoms with Crippen molar-refractivity contribution in [2.45, 2.75) is 11.8 Å². The predicted molar refractivity (Wildman–Crippen MR) is 91.7 cm³/mol. The van der Waals surface area contributed by atoms with Crippen molar-refractivity contribution in [2.24, 2.45) is 0 Å². The van der Waals surface area contributed by atoms with E-state index in [-0.39, 0.29) is 0 Å². The van der Waals surface area contributed by atoms with Crippen molar-refractivity contribution in [3.8, 4) is 10.4 Å². The van der Waals surface area contributed by atoms with Gasteiger partial charge in [-0.15, -0.1) is 11.3 Å². The van der Waals surface area contributed by atoms with Gasteiger partial charge in [0.15, 0.2) is 0 Å². The highest BCUT2D eigenvalue weighted by atomic mass is 32.2. The van der Waals surface area contributed by atoms with Gasteiger partial charge >= 0.3 is 0 Å². The molecule has 0 radical (unpaired) electrons. The van der Waals surface area contributed by atoms with Crippen LogP contribution in [0.15, 0.2) is 58.8 Å². The first-order valence-corrected chi connectivity index (χ1v) is 9.35. The van der Waals surface area contributed by atoms with Crippen molar-refractivity contribution in [1.82, 2.24) is 0 Å². The second-order valence-electron chi connectivity index (χ2n) is 5.25. The first-order valence-electron chi connectivity index (χ1n) is 6.98. The van der Waals surface area contributed by atoms with E-state index < -0.39 is 26.6 Å². The Kier molecular flexibility index (Phi) is 4.38. The topological polar surface area (TPSA) is 46.2 Å². The van der Waals surface area contributed by atoms with Crippen LogP contribution in [0.1, 0.15) is 5.56 Å². The molecule has 0 atom stereocenters. The number of aryl methyl sites for hydroxylation is 1. The van der Waals surface area contributed by atoms with Crippen LogP contribution in [-0.2, 0) is 10.0 Å². The van der Waals surface area contributed by atoms with Crippen molar-refractivity contribution in [1.29, 1.82) is 0 Å². The minimum atomic E-state index is -4.12. The Morgan fingerprint density at radius 1 is 1.00 bits per heavy atom. The second-order valence-corrected chi connectivity index (χ2v) is 7.81. The van der Waals surface area contributed by atoms with Crippen LogP contribution in [-0.4, -0.2) is 8.42 Å². The van der Waals surface area contributed by atoms with E-state index in [1.54, 1.807) is 11.4 Å². The molecule has 0 aliphatic heterocycles. The van der Waals surface area contributed by atoms with E-state index in [0.717, 1.165) is 28.1 Å². The van der Waals surface area contributed by atoms with Gasteiger partial charge in [-0.25, -0.2) is 17.2 Å². The number of benzene rings is 2. The molecule has 7 heteroatoms. The Balaban J connectivity index is 1.87. The zero-order valence-electron chi connectivity index (χ0n) is 12.6. The van der Waals surface area contributed by atoms with Gasteiger partial charge in [-0.3, -0.25) is 4.72 Å². The van der Waals surface area contributed by atoms with E-state index in [2.05, 4.69) is 4.72 Å². The van der Waals surface area contributed by atoms with Crippen LogP contribution in [0.5, 0.6) is 0 Å².